The Bertz CT molecular complexity index is 1080. The van der Waals surface area contributed by atoms with Gasteiger partial charge in [-0.15, -0.1) is 0 Å². The fourth-order valence-electron chi connectivity index (χ4n) is 3.84. The van der Waals surface area contributed by atoms with Crippen molar-refractivity contribution in [2.45, 2.75) is 46.6 Å². The minimum absolute atomic E-state index is 0.173. The summed E-state index contributed by atoms with van der Waals surface area (Å²) in [4.78, 5) is 12.8. The molecule has 0 radical (unpaired) electrons. The fourth-order valence-corrected chi connectivity index (χ4v) is 4.16. The third kappa shape index (κ3) is 4.40. The minimum Gasteiger partial charge on any atom is -0.360 e. The van der Waals surface area contributed by atoms with E-state index in [0.717, 1.165) is 36.1 Å². The number of benzene rings is 1. The van der Waals surface area contributed by atoms with Crippen LogP contribution in [0.3, 0.4) is 0 Å². The number of carbonyl (C=O) groups is 1. The van der Waals surface area contributed by atoms with Crippen molar-refractivity contribution in [2.24, 2.45) is 11.3 Å². The summed E-state index contributed by atoms with van der Waals surface area (Å²) in [7, 11) is 0. The van der Waals surface area contributed by atoms with E-state index in [1.54, 1.807) is 29.1 Å². The molecule has 158 valence electrons. The first-order chi connectivity index (χ1) is 14.2. The highest BCUT2D eigenvalue weighted by atomic mass is 35.5. The highest BCUT2D eigenvalue weighted by Crippen LogP contribution is 2.38. The average Bonchev–Trinajstić information content (AvgIpc) is 3.30. The van der Waals surface area contributed by atoms with Gasteiger partial charge in [-0.2, -0.15) is 5.10 Å². The molecule has 6 nitrogen and oxygen atoms in total. The lowest BCUT2D eigenvalue weighted by molar-refractivity contribution is 0.101. The molecule has 0 saturated heterocycles. The van der Waals surface area contributed by atoms with E-state index < -0.39 is 0 Å². The van der Waals surface area contributed by atoms with Crippen molar-refractivity contribution in [3.63, 3.8) is 0 Å². The zero-order chi connectivity index (χ0) is 21.5. The number of nitrogens with zero attached hydrogens (tertiary/aromatic N) is 3. The van der Waals surface area contributed by atoms with Crippen LogP contribution in [-0.2, 0) is 19.4 Å². The van der Waals surface area contributed by atoms with Gasteiger partial charge in [0.1, 0.15) is 5.76 Å². The summed E-state index contributed by atoms with van der Waals surface area (Å²) in [5.74, 6) is 1.47. The second kappa shape index (κ2) is 8.08. The number of halogens is 2. The first kappa shape index (κ1) is 20.9. The number of amides is 1. The van der Waals surface area contributed by atoms with Crippen LogP contribution >= 0.6 is 23.2 Å². The molecule has 0 spiro atoms. The van der Waals surface area contributed by atoms with Gasteiger partial charge in [-0.1, -0.05) is 55.2 Å². The first-order valence-electron chi connectivity index (χ1n) is 9.97. The second-order valence-electron chi connectivity index (χ2n) is 8.84. The van der Waals surface area contributed by atoms with E-state index in [4.69, 9.17) is 27.7 Å². The third-order valence-corrected chi connectivity index (χ3v) is 6.43. The molecular formula is C22H24Cl2N4O2. The molecular weight excluding hydrogens is 423 g/mol. The van der Waals surface area contributed by atoms with E-state index in [1.807, 2.05) is 6.07 Å². The minimum atomic E-state index is -0.297. The monoisotopic (exact) mass is 446 g/mol. The van der Waals surface area contributed by atoms with Crippen LogP contribution in [0.15, 0.2) is 35.0 Å². The van der Waals surface area contributed by atoms with Gasteiger partial charge in [-0.05, 0) is 41.9 Å². The molecule has 2 aromatic heterocycles. The Morgan fingerprint density at radius 2 is 2.07 bits per heavy atom. The normalized spacial score (nSPS) is 16.4. The molecule has 1 aliphatic carbocycles. The van der Waals surface area contributed by atoms with E-state index in [2.05, 4.69) is 36.3 Å². The predicted molar refractivity (Wildman–Crippen MR) is 117 cm³/mol. The molecule has 1 aliphatic rings. The average molecular weight is 447 g/mol. The Labute approximate surface area is 185 Å². The number of rotatable bonds is 4. The Balaban J connectivity index is 1.46. The molecule has 8 heteroatoms. The van der Waals surface area contributed by atoms with Crippen molar-refractivity contribution in [1.29, 1.82) is 0 Å². The van der Waals surface area contributed by atoms with Gasteiger partial charge in [0.05, 0.1) is 16.6 Å². The second-order valence-corrected chi connectivity index (χ2v) is 9.65. The Morgan fingerprint density at radius 1 is 1.27 bits per heavy atom. The van der Waals surface area contributed by atoms with Crippen molar-refractivity contribution in [3.05, 3.63) is 63.1 Å². The predicted octanol–water partition coefficient (Wildman–Crippen LogP) is 5.63. The molecule has 0 bridgehead atoms. The number of hydrogen-bond donors (Lipinski definition) is 1. The summed E-state index contributed by atoms with van der Waals surface area (Å²) in [6.07, 6.45) is 4.46. The summed E-state index contributed by atoms with van der Waals surface area (Å²) >= 11 is 12.0. The summed E-state index contributed by atoms with van der Waals surface area (Å²) in [6.45, 7) is 7.21. The molecule has 1 N–H and O–H groups in total. The van der Waals surface area contributed by atoms with Crippen molar-refractivity contribution >= 4 is 34.9 Å². The van der Waals surface area contributed by atoms with Crippen LogP contribution in [0.5, 0.6) is 0 Å². The largest absolute Gasteiger partial charge is 0.360 e. The fraction of sp³-hybridized carbons (Fsp3) is 0.409. The Hall–Kier alpha value is -2.31. The maximum Gasteiger partial charge on any atom is 0.279 e. The summed E-state index contributed by atoms with van der Waals surface area (Å²) < 4.78 is 7.18. The molecule has 1 atom stereocenters. The van der Waals surface area contributed by atoms with Crippen LogP contribution in [0, 0.1) is 11.3 Å². The maximum absolute atomic E-state index is 12.8. The molecule has 0 fully saturated rings. The lowest BCUT2D eigenvalue weighted by Crippen LogP contribution is -2.27. The zero-order valence-electron chi connectivity index (χ0n) is 17.2. The van der Waals surface area contributed by atoms with Crippen LogP contribution < -0.4 is 5.32 Å². The van der Waals surface area contributed by atoms with Gasteiger partial charge in [0.15, 0.2) is 11.5 Å². The number of fused-ring (bicyclic) bond motifs is 1. The SMILES string of the molecule is CC(C)(C)C1CCc2onc(C(=O)Nc3ccn(Cc4ccc(Cl)c(Cl)c4)n3)c2C1. The molecule has 1 unspecified atom stereocenters. The van der Waals surface area contributed by atoms with Gasteiger partial charge in [0.25, 0.3) is 5.91 Å². The van der Waals surface area contributed by atoms with E-state index in [0.29, 0.717) is 34.0 Å². The summed E-state index contributed by atoms with van der Waals surface area (Å²) in [6, 6.07) is 7.20. The molecule has 1 amide bonds. The van der Waals surface area contributed by atoms with E-state index in [9.17, 15) is 4.79 Å². The third-order valence-electron chi connectivity index (χ3n) is 5.69. The highest BCUT2D eigenvalue weighted by Gasteiger charge is 2.34. The molecule has 4 rings (SSSR count). The Kier molecular flexibility index (Phi) is 5.64. The van der Waals surface area contributed by atoms with Crippen LogP contribution in [0.1, 0.15) is 54.6 Å². The summed E-state index contributed by atoms with van der Waals surface area (Å²) in [5.41, 5.74) is 2.42. The van der Waals surface area contributed by atoms with Crippen molar-refractivity contribution in [1.82, 2.24) is 14.9 Å². The topological polar surface area (TPSA) is 73.0 Å². The van der Waals surface area contributed by atoms with Gasteiger partial charge in [-0.25, -0.2) is 0 Å². The maximum atomic E-state index is 12.8. The highest BCUT2D eigenvalue weighted by molar-refractivity contribution is 6.42. The number of aryl methyl sites for hydroxylation is 1. The van der Waals surface area contributed by atoms with Crippen LogP contribution in [0.25, 0.3) is 0 Å². The molecule has 2 heterocycles. The van der Waals surface area contributed by atoms with E-state index in [1.165, 1.54) is 0 Å². The smallest absolute Gasteiger partial charge is 0.279 e. The van der Waals surface area contributed by atoms with Crippen LogP contribution in [0.4, 0.5) is 5.82 Å². The molecule has 3 aromatic rings. The van der Waals surface area contributed by atoms with E-state index in [-0.39, 0.29) is 11.3 Å². The van der Waals surface area contributed by atoms with Crippen molar-refractivity contribution in [2.75, 3.05) is 5.32 Å². The van der Waals surface area contributed by atoms with Crippen molar-refractivity contribution in [3.8, 4) is 0 Å². The Morgan fingerprint density at radius 3 is 2.80 bits per heavy atom. The number of hydrogen-bond acceptors (Lipinski definition) is 4. The molecule has 30 heavy (non-hydrogen) atoms. The number of carbonyl (C=O) groups excluding carboxylic acids is 1. The number of anilines is 1. The molecule has 0 aliphatic heterocycles. The zero-order valence-corrected chi connectivity index (χ0v) is 18.7. The quantitative estimate of drug-likeness (QED) is 0.563. The van der Waals surface area contributed by atoms with Gasteiger partial charge < -0.3 is 9.84 Å². The van der Waals surface area contributed by atoms with E-state index >= 15 is 0 Å². The van der Waals surface area contributed by atoms with Gasteiger partial charge in [0.2, 0.25) is 0 Å². The molecule has 1 aromatic carbocycles. The lowest BCUT2D eigenvalue weighted by Gasteiger charge is -2.33. The summed E-state index contributed by atoms with van der Waals surface area (Å²) in [5, 5.41) is 12.3. The molecule has 0 saturated carbocycles. The lowest BCUT2D eigenvalue weighted by atomic mass is 9.71. The van der Waals surface area contributed by atoms with Crippen molar-refractivity contribution < 1.29 is 9.32 Å². The van der Waals surface area contributed by atoms with Gasteiger partial charge in [0, 0.05) is 24.2 Å². The van der Waals surface area contributed by atoms with Gasteiger partial charge >= 0.3 is 0 Å². The van der Waals surface area contributed by atoms with Crippen LogP contribution in [-0.4, -0.2) is 20.8 Å². The van der Waals surface area contributed by atoms with Gasteiger partial charge in [-0.3, -0.25) is 9.48 Å². The number of aromatic nitrogens is 3. The van der Waals surface area contributed by atoms with Crippen LogP contribution in [0.2, 0.25) is 10.0 Å². The standard InChI is InChI=1S/C22H24Cl2N4O2/c1-22(2,3)14-5-7-18-15(11-14)20(27-30-18)21(29)25-19-8-9-28(26-19)12-13-4-6-16(23)17(24)10-13/h4,6,8-10,14H,5,7,11-12H2,1-3H3,(H,25,26,29). The first-order valence-corrected chi connectivity index (χ1v) is 10.7. The number of nitrogens with one attached hydrogen (secondary N) is 1.